The fourth-order valence-electron chi connectivity index (χ4n) is 1.94. The molecule has 4 nitrogen and oxygen atoms in total. The lowest BCUT2D eigenvalue weighted by atomic mass is 10.00. The van der Waals surface area contributed by atoms with Gasteiger partial charge in [0, 0.05) is 6.92 Å². The normalized spacial score (nSPS) is 9.35. The van der Waals surface area contributed by atoms with Gasteiger partial charge >= 0.3 is 11.9 Å². The SMILES string of the molecule is CCOC(=O)c1ccccc1-c1ccccc1.CCOC(C)=O. The maximum Gasteiger partial charge on any atom is 0.338 e. The first-order chi connectivity index (χ1) is 11.1. The van der Waals surface area contributed by atoms with E-state index in [0.717, 1.165) is 11.1 Å². The molecule has 0 unspecified atom stereocenters. The number of carbonyl (C=O) groups excluding carboxylic acids is 2. The Hall–Kier alpha value is -2.62. The zero-order valence-electron chi connectivity index (χ0n) is 13.7. The molecule has 0 aliphatic rings. The number of rotatable bonds is 4. The standard InChI is InChI=1S/C15H14O2.C4H8O2/c1-2-17-15(16)14-11-7-6-10-13(14)12-8-4-3-5-9-12;1-3-6-4(2)5/h3-11H,2H2,1H3;3H2,1-2H3. The minimum atomic E-state index is -0.271. The topological polar surface area (TPSA) is 52.6 Å². The fraction of sp³-hybridized carbons (Fsp3) is 0.263. The van der Waals surface area contributed by atoms with Crippen molar-refractivity contribution in [2.24, 2.45) is 0 Å². The van der Waals surface area contributed by atoms with Crippen LogP contribution in [0.5, 0.6) is 0 Å². The Kier molecular flexibility index (Phi) is 8.14. The predicted octanol–water partition coefficient (Wildman–Crippen LogP) is 4.10. The number of hydrogen-bond acceptors (Lipinski definition) is 4. The number of ether oxygens (including phenoxy) is 2. The fourth-order valence-corrected chi connectivity index (χ4v) is 1.94. The van der Waals surface area contributed by atoms with E-state index in [9.17, 15) is 9.59 Å². The summed E-state index contributed by atoms with van der Waals surface area (Å²) < 4.78 is 9.45. The molecule has 0 N–H and O–H groups in total. The molecule has 122 valence electrons. The Morgan fingerprint density at radius 2 is 1.39 bits per heavy atom. The zero-order chi connectivity index (χ0) is 17.1. The highest BCUT2D eigenvalue weighted by atomic mass is 16.5. The van der Waals surface area contributed by atoms with Gasteiger partial charge in [0.1, 0.15) is 0 Å². The van der Waals surface area contributed by atoms with Crippen molar-refractivity contribution in [1.82, 2.24) is 0 Å². The van der Waals surface area contributed by atoms with E-state index >= 15 is 0 Å². The summed E-state index contributed by atoms with van der Waals surface area (Å²) in [4.78, 5) is 21.6. The number of carbonyl (C=O) groups is 2. The van der Waals surface area contributed by atoms with Gasteiger partial charge in [-0.3, -0.25) is 4.79 Å². The first-order valence-electron chi connectivity index (χ1n) is 7.55. The lowest BCUT2D eigenvalue weighted by molar-refractivity contribution is -0.140. The van der Waals surface area contributed by atoms with E-state index in [1.54, 1.807) is 13.0 Å². The predicted molar refractivity (Wildman–Crippen MR) is 90.1 cm³/mol. The average Bonchev–Trinajstić information content (AvgIpc) is 2.56. The molecule has 0 atom stereocenters. The van der Waals surface area contributed by atoms with E-state index < -0.39 is 0 Å². The molecular formula is C19H22O4. The van der Waals surface area contributed by atoms with Gasteiger partial charge in [0.25, 0.3) is 0 Å². The van der Waals surface area contributed by atoms with Crippen LogP contribution in [0.25, 0.3) is 11.1 Å². The van der Waals surface area contributed by atoms with Gasteiger partial charge in [-0.15, -0.1) is 0 Å². The summed E-state index contributed by atoms with van der Waals surface area (Å²) in [6, 6.07) is 17.3. The Labute approximate surface area is 137 Å². The van der Waals surface area contributed by atoms with Crippen molar-refractivity contribution in [2.45, 2.75) is 20.8 Å². The number of esters is 2. The minimum absolute atomic E-state index is 0.211. The van der Waals surface area contributed by atoms with Crippen molar-refractivity contribution in [3.05, 3.63) is 60.2 Å². The highest BCUT2D eigenvalue weighted by Gasteiger charge is 2.12. The van der Waals surface area contributed by atoms with Gasteiger partial charge in [-0.25, -0.2) is 4.79 Å². The third-order valence-corrected chi connectivity index (χ3v) is 2.85. The van der Waals surface area contributed by atoms with Crippen molar-refractivity contribution < 1.29 is 19.1 Å². The van der Waals surface area contributed by atoms with Crippen LogP contribution in [0.4, 0.5) is 0 Å². The molecule has 0 saturated heterocycles. The molecule has 0 aromatic heterocycles. The second kappa shape index (κ2) is 10.2. The lowest BCUT2D eigenvalue weighted by Gasteiger charge is -2.08. The van der Waals surface area contributed by atoms with Crippen LogP contribution in [0.2, 0.25) is 0 Å². The van der Waals surface area contributed by atoms with E-state index in [4.69, 9.17) is 4.74 Å². The zero-order valence-corrected chi connectivity index (χ0v) is 13.7. The maximum atomic E-state index is 11.8. The van der Waals surface area contributed by atoms with Crippen molar-refractivity contribution in [1.29, 1.82) is 0 Å². The quantitative estimate of drug-likeness (QED) is 0.797. The van der Waals surface area contributed by atoms with Gasteiger partial charge in [-0.1, -0.05) is 48.5 Å². The van der Waals surface area contributed by atoms with Gasteiger partial charge < -0.3 is 9.47 Å². The minimum Gasteiger partial charge on any atom is -0.466 e. The van der Waals surface area contributed by atoms with Crippen molar-refractivity contribution >= 4 is 11.9 Å². The molecule has 0 saturated carbocycles. The average molecular weight is 314 g/mol. The Morgan fingerprint density at radius 3 is 1.91 bits per heavy atom. The molecular weight excluding hydrogens is 292 g/mol. The summed E-state index contributed by atoms with van der Waals surface area (Å²) >= 11 is 0. The van der Waals surface area contributed by atoms with Crippen LogP contribution in [0.3, 0.4) is 0 Å². The van der Waals surface area contributed by atoms with E-state index in [1.165, 1.54) is 6.92 Å². The summed E-state index contributed by atoms with van der Waals surface area (Å²) in [7, 11) is 0. The van der Waals surface area contributed by atoms with Crippen LogP contribution in [0.1, 0.15) is 31.1 Å². The van der Waals surface area contributed by atoms with E-state index in [0.29, 0.717) is 18.8 Å². The Morgan fingerprint density at radius 1 is 0.826 bits per heavy atom. The summed E-state index contributed by atoms with van der Waals surface area (Å²) in [5.74, 6) is -0.482. The molecule has 0 radical (unpaired) electrons. The lowest BCUT2D eigenvalue weighted by Crippen LogP contribution is -2.06. The van der Waals surface area contributed by atoms with Gasteiger partial charge in [0.05, 0.1) is 18.8 Å². The van der Waals surface area contributed by atoms with Gasteiger partial charge in [0.2, 0.25) is 0 Å². The molecule has 0 aliphatic carbocycles. The first-order valence-corrected chi connectivity index (χ1v) is 7.55. The molecule has 0 fully saturated rings. The van der Waals surface area contributed by atoms with Crippen LogP contribution in [0, 0.1) is 0 Å². The third kappa shape index (κ3) is 6.34. The van der Waals surface area contributed by atoms with Gasteiger partial charge in [-0.05, 0) is 31.0 Å². The highest BCUT2D eigenvalue weighted by Crippen LogP contribution is 2.23. The number of hydrogen-bond donors (Lipinski definition) is 0. The summed E-state index contributed by atoms with van der Waals surface area (Å²) in [6.07, 6.45) is 0. The molecule has 2 aromatic carbocycles. The molecule has 0 aliphatic heterocycles. The molecule has 2 rings (SSSR count). The first kappa shape index (κ1) is 18.4. The smallest absolute Gasteiger partial charge is 0.338 e. The molecule has 0 amide bonds. The monoisotopic (exact) mass is 314 g/mol. The Bertz CT molecular complexity index is 620. The maximum absolute atomic E-state index is 11.8. The van der Waals surface area contributed by atoms with E-state index in [2.05, 4.69) is 4.74 Å². The van der Waals surface area contributed by atoms with Gasteiger partial charge in [-0.2, -0.15) is 0 Å². The van der Waals surface area contributed by atoms with Crippen LogP contribution in [-0.2, 0) is 14.3 Å². The van der Waals surface area contributed by atoms with E-state index in [-0.39, 0.29) is 11.9 Å². The van der Waals surface area contributed by atoms with Crippen molar-refractivity contribution in [2.75, 3.05) is 13.2 Å². The molecule has 4 heteroatoms. The summed E-state index contributed by atoms with van der Waals surface area (Å²) in [6.45, 7) is 5.85. The molecule has 0 heterocycles. The van der Waals surface area contributed by atoms with Crippen molar-refractivity contribution in [3.63, 3.8) is 0 Å². The van der Waals surface area contributed by atoms with E-state index in [1.807, 2.05) is 55.5 Å². The second-order valence-electron chi connectivity index (χ2n) is 4.56. The van der Waals surface area contributed by atoms with Crippen LogP contribution < -0.4 is 0 Å². The van der Waals surface area contributed by atoms with Crippen LogP contribution in [-0.4, -0.2) is 25.2 Å². The van der Waals surface area contributed by atoms with Crippen molar-refractivity contribution in [3.8, 4) is 11.1 Å². The molecule has 23 heavy (non-hydrogen) atoms. The summed E-state index contributed by atoms with van der Waals surface area (Å²) in [5, 5.41) is 0. The van der Waals surface area contributed by atoms with Crippen LogP contribution in [0.15, 0.2) is 54.6 Å². The van der Waals surface area contributed by atoms with Crippen LogP contribution >= 0.6 is 0 Å². The molecule has 0 spiro atoms. The van der Waals surface area contributed by atoms with Gasteiger partial charge in [0.15, 0.2) is 0 Å². The Balaban J connectivity index is 0.000000379. The second-order valence-corrected chi connectivity index (χ2v) is 4.56. The molecule has 0 bridgehead atoms. The number of benzene rings is 2. The molecule has 2 aromatic rings. The largest absolute Gasteiger partial charge is 0.466 e. The highest BCUT2D eigenvalue weighted by molar-refractivity contribution is 5.97. The third-order valence-electron chi connectivity index (χ3n) is 2.85. The summed E-state index contributed by atoms with van der Waals surface area (Å²) in [5.41, 5.74) is 2.54.